The zero-order valence-corrected chi connectivity index (χ0v) is 57.6. The van der Waals surface area contributed by atoms with E-state index in [0.29, 0.717) is 32.2 Å². The number of cyclic esters (lactones) is 1. The molecule has 3 fully saturated rings. The van der Waals surface area contributed by atoms with Gasteiger partial charge in [0.2, 0.25) is 76.8 Å². The van der Waals surface area contributed by atoms with Crippen LogP contribution >= 0.6 is 0 Å². The second-order valence-corrected chi connectivity index (χ2v) is 27.1. The first kappa shape index (κ1) is 78.8. The van der Waals surface area contributed by atoms with Crippen LogP contribution in [0.5, 0.6) is 0 Å². The summed E-state index contributed by atoms with van der Waals surface area (Å²) in [7, 11) is 0. The van der Waals surface area contributed by atoms with E-state index in [1.165, 1.54) is 30.6 Å². The first-order valence-electron chi connectivity index (χ1n) is 33.1. The van der Waals surface area contributed by atoms with Crippen molar-refractivity contribution in [1.82, 2.24) is 68.3 Å². The zero-order chi connectivity index (χ0) is 69.8. The number of ether oxygens (including phenoxy) is 1. The fourth-order valence-corrected chi connectivity index (χ4v) is 11.1. The largest absolute Gasteiger partial charge is 0.458 e. The maximum Gasteiger partial charge on any atom is 0.329 e. The van der Waals surface area contributed by atoms with E-state index in [2.05, 4.69) is 58.5 Å². The molecule has 0 saturated carbocycles. The predicted molar refractivity (Wildman–Crippen MR) is 341 cm³/mol. The summed E-state index contributed by atoms with van der Waals surface area (Å²) in [6.45, 7) is 30.0. The van der Waals surface area contributed by atoms with Crippen LogP contribution in [-0.4, -0.2) is 191 Å². The highest BCUT2D eigenvalue weighted by Crippen LogP contribution is 2.22. The van der Waals surface area contributed by atoms with Gasteiger partial charge in [-0.25, -0.2) is 4.79 Å². The van der Waals surface area contributed by atoms with Gasteiger partial charge in [-0.2, -0.15) is 0 Å². The Morgan fingerprint density at radius 3 is 1.61 bits per heavy atom. The lowest BCUT2D eigenvalue weighted by molar-refractivity contribution is -0.157. The average Bonchev–Trinajstić information content (AvgIpc) is 1.02. The van der Waals surface area contributed by atoms with Crippen molar-refractivity contribution in [2.45, 2.75) is 261 Å². The van der Waals surface area contributed by atoms with Crippen LogP contribution in [0.3, 0.4) is 0 Å². The smallest absolute Gasteiger partial charge is 0.329 e. The molecule has 92 heavy (non-hydrogen) atoms. The first-order chi connectivity index (χ1) is 43.0. The van der Waals surface area contributed by atoms with Crippen LogP contribution in [0.25, 0.3) is 0 Å². The molecule has 3 rings (SSSR count). The molecule has 0 aromatic rings. The summed E-state index contributed by atoms with van der Waals surface area (Å²) in [6.07, 6.45) is 1.18. The minimum absolute atomic E-state index is 0.0531. The van der Waals surface area contributed by atoms with Gasteiger partial charge in [-0.3, -0.25) is 62.3 Å². The fraction of sp³-hybridized carbons (Fsp3) is 0.781. The summed E-state index contributed by atoms with van der Waals surface area (Å²) in [4.78, 5) is 199. The molecule has 13 amide bonds. The van der Waals surface area contributed by atoms with E-state index < -0.39 is 191 Å². The average molecular weight is 1300 g/mol. The maximum atomic E-state index is 15.0. The second-order valence-electron chi connectivity index (χ2n) is 27.1. The molecule has 3 heterocycles. The van der Waals surface area contributed by atoms with Crippen molar-refractivity contribution in [2.24, 2.45) is 41.4 Å². The van der Waals surface area contributed by atoms with Gasteiger partial charge in [0.1, 0.15) is 78.6 Å². The minimum atomic E-state index is -1.83. The topological polar surface area (TPSA) is 387 Å². The van der Waals surface area contributed by atoms with Crippen molar-refractivity contribution >= 4 is 82.8 Å². The van der Waals surface area contributed by atoms with Crippen molar-refractivity contribution in [3.05, 3.63) is 0 Å². The lowest BCUT2D eigenvalue weighted by Gasteiger charge is -2.33. The molecular weight excluding hydrogens is 1190 g/mol. The Labute approximate surface area is 543 Å². The monoisotopic (exact) mass is 1300 g/mol. The van der Waals surface area contributed by atoms with Crippen molar-refractivity contribution in [3.8, 4) is 0 Å². The highest BCUT2D eigenvalue weighted by molar-refractivity contribution is 6.00. The van der Waals surface area contributed by atoms with E-state index in [0.717, 1.165) is 0 Å². The van der Waals surface area contributed by atoms with Crippen LogP contribution in [0, 0.1) is 41.4 Å². The number of amides is 13. The number of fused-ring (bicyclic) bond motifs is 1. The van der Waals surface area contributed by atoms with Crippen molar-refractivity contribution in [1.29, 1.82) is 0 Å². The molecule has 28 heteroatoms. The summed E-state index contributed by atoms with van der Waals surface area (Å²) in [5.74, 6) is -13.8. The molecule has 520 valence electrons. The minimum Gasteiger partial charge on any atom is -0.458 e. The Kier molecular flexibility index (Phi) is 31.5. The third-order valence-corrected chi connectivity index (χ3v) is 17.0. The van der Waals surface area contributed by atoms with E-state index in [1.807, 2.05) is 20.8 Å². The Bertz CT molecular complexity index is 2630. The molecule has 0 aromatic heterocycles. The summed E-state index contributed by atoms with van der Waals surface area (Å²) in [5.41, 5.74) is 0. The van der Waals surface area contributed by atoms with E-state index in [1.54, 1.807) is 83.1 Å². The molecule has 3 aliphatic heterocycles. The summed E-state index contributed by atoms with van der Waals surface area (Å²) >= 11 is 0. The molecule has 14 atom stereocenters. The number of carbonyl (C=O) groups excluding carboxylic acids is 14. The van der Waals surface area contributed by atoms with Gasteiger partial charge in [-0.1, -0.05) is 110 Å². The third-order valence-electron chi connectivity index (χ3n) is 17.0. The van der Waals surface area contributed by atoms with Crippen LogP contribution in [0.15, 0.2) is 0 Å². The molecule has 3 aliphatic rings. The number of hydrogen-bond donors (Lipinski definition) is 11. The first-order valence-corrected chi connectivity index (χ1v) is 33.1. The van der Waals surface area contributed by atoms with Gasteiger partial charge in [0.15, 0.2) is 0 Å². The number of hydrogen-bond acceptors (Lipinski definition) is 15. The van der Waals surface area contributed by atoms with Gasteiger partial charge >= 0.3 is 5.97 Å². The second kappa shape index (κ2) is 36.7. The molecule has 3 saturated heterocycles. The number of likely N-dealkylation sites (tertiary alicyclic amines) is 1. The van der Waals surface area contributed by atoms with Gasteiger partial charge < -0.3 is 73.0 Å². The van der Waals surface area contributed by atoms with Crippen molar-refractivity contribution < 1.29 is 71.9 Å². The Morgan fingerprint density at radius 1 is 0.565 bits per heavy atom. The van der Waals surface area contributed by atoms with E-state index in [-0.39, 0.29) is 57.0 Å². The van der Waals surface area contributed by atoms with E-state index in [4.69, 9.17) is 4.74 Å². The van der Waals surface area contributed by atoms with Gasteiger partial charge in [0.25, 0.3) is 0 Å². The lowest BCUT2D eigenvalue weighted by Crippen LogP contribution is -2.64. The number of carbonyl (C=O) groups is 14. The zero-order valence-electron chi connectivity index (χ0n) is 57.6. The highest BCUT2D eigenvalue weighted by Gasteiger charge is 2.43. The Morgan fingerprint density at radius 2 is 1.09 bits per heavy atom. The highest BCUT2D eigenvalue weighted by atomic mass is 16.5. The van der Waals surface area contributed by atoms with Crippen molar-refractivity contribution in [2.75, 3.05) is 19.6 Å². The summed E-state index contributed by atoms with van der Waals surface area (Å²) < 4.78 is 5.98. The number of rotatable bonds is 21. The fourth-order valence-electron chi connectivity index (χ4n) is 11.1. The van der Waals surface area contributed by atoms with Crippen LogP contribution in [0.1, 0.15) is 182 Å². The molecule has 0 aromatic carbocycles. The normalized spacial score (nSPS) is 25.5. The molecule has 0 spiro atoms. The SMILES string of the molecule is CCCC(=O)N1CCCC1C(=O)NC(C)C(=O)NC(C(=O)NC(CC(C)C)C(=O)NC(C(=O)NC1C(=O)NC(C(C)C)C(=O)NC(C(C)C)C(=O)NC(C(C)C)C(=O)NC(C)C(=O)NCCC(=O)N2CCCC2C(=O)NC(C(C)C)C(=O)OC1C)C(C)CC)C(C)C. The van der Waals surface area contributed by atoms with Crippen LogP contribution < -0.4 is 58.5 Å². The Hall–Kier alpha value is -7.42. The molecule has 14 unspecified atom stereocenters. The van der Waals surface area contributed by atoms with Crippen LogP contribution in [0.4, 0.5) is 0 Å². The number of nitrogens with zero attached hydrogens (tertiary/aromatic N) is 2. The number of esters is 1. The van der Waals surface area contributed by atoms with Crippen molar-refractivity contribution in [3.63, 3.8) is 0 Å². The molecular formula is C64H109N13O15. The van der Waals surface area contributed by atoms with Gasteiger partial charge in [-0.05, 0) is 101 Å². The van der Waals surface area contributed by atoms with Gasteiger partial charge in [-0.15, -0.1) is 0 Å². The molecule has 0 aliphatic carbocycles. The van der Waals surface area contributed by atoms with E-state index >= 15 is 0 Å². The molecule has 0 bridgehead atoms. The van der Waals surface area contributed by atoms with Gasteiger partial charge in [0.05, 0.1) is 0 Å². The molecule has 28 nitrogen and oxygen atoms in total. The molecule has 11 N–H and O–H groups in total. The van der Waals surface area contributed by atoms with Crippen LogP contribution in [0.2, 0.25) is 0 Å². The van der Waals surface area contributed by atoms with Gasteiger partial charge in [0, 0.05) is 32.5 Å². The van der Waals surface area contributed by atoms with Crippen LogP contribution in [-0.2, 0) is 71.9 Å². The third kappa shape index (κ3) is 22.7. The summed E-state index contributed by atoms with van der Waals surface area (Å²) in [5, 5.41) is 29.6. The molecule has 0 radical (unpaired) electrons. The summed E-state index contributed by atoms with van der Waals surface area (Å²) in [6, 6.07) is -15.1. The number of nitrogens with one attached hydrogen (secondary N) is 11. The predicted octanol–water partition coefficient (Wildman–Crippen LogP) is 0.480. The Balaban J connectivity index is 2.06. The quantitative estimate of drug-likeness (QED) is 0.0697. The van der Waals surface area contributed by atoms with E-state index in [9.17, 15) is 67.1 Å². The standard InChI is InChI=1S/C64H109N13O15/c1-19-23-44(78)76-28-21-24-42(76)56(83)66-39(17)54(81)69-47(33(7)8)59(86)68-41(30-31(3)4)55(82)74-51(37(15)20-2)62(89)75-52-40(18)92-64(91)50(36(13)14)73-57(84)43-25-22-29-77(43)45(79)26-27-65-53(80)38(16)67-58(85)46(32(5)6)70-60(87)48(34(9)10)71-61(88)49(35(11)12)72-63(52)90/h31-43,46-52H,19-30H2,1-18H3,(H,65,80)(H,66,83)(H,67,85)(H,68,86)(H,69,81)(H,70,87)(H,71,88)(H,72,90)(H,73,84)(H,74,82)(H,75,89). The lowest BCUT2D eigenvalue weighted by atomic mass is 9.95. The maximum absolute atomic E-state index is 15.0.